The SMILES string of the molecule is CC(O)(C(=O)O)C(O)C(=O)COP(=O)(O)O. The molecular formula is C6H11O9P. The first-order valence-electron chi connectivity index (χ1n) is 3.85. The lowest BCUT2D eigenvalue weighted by atomic mass is 9.96. The first-order chi connectivity index (χ1) is 6.98. The Morgan fingerprint density at radius 3 is 2.19 bits per heavy atom. The molecule has 0 aliphatic carbocycles. The Labute approximate surface area is 89.5 Å². The number of Topliss-reactive ketones (excluding diaryl/α,β-unsaturated/α-hetero) is 1. The number of hydrogen-bond acceptors (Lipinski definition) is 6. The van der Waals surface area contributed by atoms with E-state index in [9.17, 15) is 14.2 Å². The van der Waals surface area contributed by atoms with Crippen LogP contribution in [-0.4, -0.2) is 55.2 Å². The first kappa shape index (κ1) is 15.2. The second kappa shape index (κ2) is 5.00. The molecule has 0 rings (SSSR count). The minimum atomic E-state index is -4.90. The van der Waals surface area contributed by atoms with E-state index in [0.717, 1.165) is 0 Å². The molecule has 10 heteroatoms. The van der Waals surface area contributed by atoms with Crippen LogP contribution in [-0.2, 0) is 18.7 Å². The lowest BCUT2D eigenvalue weighted by Crippen LogP contribution is -2.51. The van der Waals surface area contributed by atoms with Gasteiger partial charge in [-0.05, 0) is 6.92 Å². The van der Waals surface area contributed by atoms with Crippen LogP contribution in [0.5, 0.6) is 0 Å². The van der Waals surface area contributed by atoms with Crippen molar-refractivity contribution in [3.63, 3.8) is 0 Å². The zero-order chi connectivity index (χ0) is 13.1. The van der Waals surface area contributed by atoms with Crippen molar-refractivity contribution in [2.75, 3.05) is 6.61 Å². The lowest BCUT2D eigenvalue weighted by Gasteiger charge is -2.23. The third kappa shape index (κ3) is 4.35. The molecule has 0 aliphatic rings. The number of phosphoric ester groups is 1. The van der Waals surface area contributed by atoms with Gasteiger partial charge < -0.3 is 25.1 Å². The van der Waals surface area contributed by atoms with Gasteiger partial charge in [-0.25, -0.2) is 9.36 Å². The van der Waals surface area contributed by atoms with Gasteiger partial charge in [0.15, 0.2) is 17.5 Å². The van der Waals surface area contributed by atoms with E-state index in [2.05, 4.69) is 4.52 Å². The van der Waals surface area contributed by atoms with E-state index in [1.807, 2.05) is 0 Å². The number of carbonyl (C=O) groups excluding carboxylic acids is 1. The minimum Gasteiger partial charge on any atom is -0.479 e. The molecule has 0 aromatic heterocycles. The molecule has 0 saturated carbocycles. The maximum absolute atomic E-state index is 11.0. The van der Waals surface area contributed by atoms with Crippen molar-refractivity contribution in [2.24, 2.45) is 0 Å². The number of hydrogen-bond donors (Lipinski definition) is 5. The largest absolute Gasteiger partial charge is 0.479 e. The van der Waals surface area contributed by atoms with E-state index in [-0.39, 0.29) is 0 Å². The second-order valence-corrected chi connectivity index (χ2v) is 4.32. The van der Waals surface area contributed by atoms with Gasteiger partial charge in [0.05, 0.1) is 0 Å². The van der Waals surface area contributed by atoms with Crippen molar-refractivity contribution in [1.82, 2.24) is 0 Å². The summed E-state index contributed by atoms with van der Waals surface area (Å²) in [5.74, 6) is -3.22. The number of ketones is 1. The summed E-state index contributed by atoms with van der Waals surface area (Å²) in [6, 6.07) is 0. The number of aliphatic hydroxyl groups is 2. The van der Waals surface area contributed by atoms with Crippen LogP contribution < -0.4 is 0 Å². The molecule has 0 heterocycles. The van der Waals surface area contributed by atoms with Gasteiger partial charge in [0, 0.05) is 0 Å². The summed E-state index contributed by atoms with van der Waals surface area (Å²) < 4.78 is 13.9. The summed E-state index contributed by atoms with van der Waals surface area (Å²) in [6.07, 6.45) is -2.35. The Bertz CT molecular complexity index is 329. The van der Waals surface area contributed by atoms with Crippen LogP contribution in [0.15, 0.2) is 0 Å². The number of phosphoric acid groups is 1. The molecule has 0 radical (unpaired) electrons. The average Bonchev–Trinajstić information content (AvgIpc) is 2.11. The van der Waals surface area contributed by atoms with E-state index >= 15 is 0 Å². The van der Waals surface area contributed by atoms with Crippen molar-refractivity contribution in [3.05, 3.63) is 0 Å². The molecule has 0 aromatic rings. The molecular weight excluding hydrogens is 247 g/mol. The Morgan fingerprint density at radius 2 is 1.88 bits per heavy atom. The van der Waals surface area contributed by atoms with Crippen molar-refractivity contribution >= 4 is 19.6 Å². The predicted molar refractivity (Wildman–Crippen MR) is 47.3 cm³/mol. The highest BCUT2D eigenvalue weighted by Crippen LogP contribution is 2.35. The quantitative estimate of drug-likeness (QED) is 0.334. The molecule has 5 N–H and O–H groups in total. The van der Waals surface area contributed by atoms with Gasteiger partial charge in [-0.2, -0.15) is 0 Å². The van der Waals surface area contributed by atoms with Crippen LogP contribution in [0.25, 0.3) is 0 Å². The van der Waals surface area contributed by atoms with Gasteiger partial charge in [-0.1, -0.05) is 0 Å². The number of aliphatic carboxylic acids is 1. The maximum Gasteiger partial charge on any atom is 0.470 e. The van der Waals surface area contributed by atoms with Gasteiger partial charge in [-0.15, -0.1) is 0 Å². The molecule has 0 bridgehead atoms. The number of aliphatic hydroxyl groups excluding tert-OH is 1. The number of carbonyl (C=O) groups is 2. The van der Waals surface area contributed by atoms with Gasteiger partial charge in [0.1, 0.15) is 6.61 Å². The van der Waals surface area contributed by atoms with Crippen molar-refractivity contribution in [2.45, 2.75) is 18.6 Å². The van der Waals surface area contributed by atoms with Crippen LogP contribution in [0.2, 0.25) is 0 Å². The summed E-state index contributed by atoms with van der Waals surface area (Å²) in [7, 11) is -4.90. The van der Waals surface area contributed by atoms with E-state index in [1.54, 1.807) is 0 Å². The Morgan fingerprint density at radius 1 is 1.44 bits per heavy atom. The summed E-state index contributed by atoms with van der Waals surface area (Å²) in [5.41, 5.74) is -2.75. The smallest absolute Gasteiger partial charge is 0.470 e. The zero-order valence-electron chi connectivity index (χ0n) is 8.10. The molecule has 0 aromatic carbocycles. The summed E-state index contributed by atoms with van der Waals surface area (Å²) in [4.78, 5) is 37.9. The number of carboxylic acid groups (broad SMARTS) is 1. The normalized spacial score (nSPS) is 17.6. The van der Waals surface area contributed by atoms with Crippen LogP contribution in [0.3, 0.4) is 0 Å². The minimum absolute atomic E-state index is 0.662. The summed E-state index contributed by atoms with van der Waals surface area (Å²) >= 11 is 0. The molecule has 0 saturated heterocycles. The standard InChI is InChI=1S/C6H11O9P/c1-6(11,5(9)10)4(8)3(7)2-15-16(12,13)14/h4,8,11H,2H2,1H3,(H,9,10)(H2,12,13,14). The summed E-state index contributed by atoms with van der Waals surface area (Å²) in [5, 5.41) is 26.7. The Hall–Kier alpha value is -0.830. The fourth-order valence-electron chi connectivity index (χ4n) is 0.657. The number of carboxylic acids is 1. The van der Waals surface area contributed by atoms with Crippen LogP contribution in [0.4, 0.5) is 0 Å². The van der Waals surface area contributed by atoms with Gasteiger partial charge in [0.2, 0.25) is 0 Å². The molecule has 9 nitrogen and oxygen atoms in total. The van der Waals surface area contributed by atoms with Crippen LogP contribution in [0, 0.1) is 0 Å². The maximum atomic E-state index is 11.0. The van der Waals surface area contributed by atoms with Crippen LogP contribution in [0.1, 0.15) is 6.92 Å². The van der Waals surface area contributed by atoms with E-state index in [1.165, 1.54) is 0 Å². The highest BCUT2D eigenvalue weighted by Gasteiger charge is 2.43. The van der Waals surface area contributed by atoms with Gasteiger partial charge >= 0.3 is 13.8 Å². The van der Waals surface area contributed by atoms with E-state index in [0.29, 0.717) is 6.92 Å². The van der Waals surface area contributed by atoms with Gasteiger partial charge in [-0.3, -0.25) is 9.32 Å². The van der Waals surface area contributed by atoms with Crippen LogP contribution >= 0.6 is 7.82 Å². The fraction of sp³-hybridized carbons (Fsp3) is 0.667. The fourth-order valence-corrected chi connectivity index (χ4v) is 0.952. The average molecular weight is 258 g/mol. The number of rotatable bonds is 6. The summed E-state index contributed by atoms with van der Waals surface area (Å²) in [6.45, 7) is -0.551. The lowest BCUT2D eigenvalue weighted by molar-refractivity contribution is -0.173. The second-order valence-electron chi connectivity index (χ2n) is 3.09. The molecule has 0 spiro atoms. The van der Waals surface area contributed by atoms with Gasteiger partial charge in [0.25, 0.3) is 0 Å². The Kier molecular flexibility index (Phi) is 4.74. The highest BCUT2D eigenvalue weighted by molar-refractivity contribution is 7.46. The molecule has 2 unspecified atom stereocenters. The third-order valence-corrected chi connectivity index (χ3v) is 2.11. The van der Waals surface area contributed by atoms with E-state index < -0.39 is 37.9 Å². The van der Waals surface area contributed by atoms with Crippen molar-refractivity contribution in [1.29, 1.82) is 0 Å². The predicted octanol–water partition coefficient (Wildman–Crippen LogP) is -2.14. The molecule has 16 heavy (non-hydrogen) atoms. The van der Waals surface area contributed by atoms with E-state index in [4.69, 9.17) is 25.1 Å². The molecule has 0 aliphatic heterocycles. The topological polar surface area (TPSA) is 162 Å². The molecule has 0 amide bonds. The van der Waals surface area contributed by atoms with Crippen molar-refractivity contribution in [3.8, 4) is 0 Å². The van der Waals surface area contributed by atoms with Crippen molar-refractivity contribution < 1.29 is 43.8 Å². The zero-order valence-corrected chi connectivity index (χ0v) is 9.00. The molecule has 2 atom stereocenters. The highest BCUT2D eigenvalue weighted by atomic mass is 31.2. The first-order valence-corrected chi connectivity index (χ1v) is 5.38. The monoisotopic (exact) mass is 258 g/mol. The molecule has 94 valence electrons. The third-order valence-electron chi connectivity index (χ3n) is 1.65. The molecule has 0 fully saturated rings. The Balaban J connectivity index is 4.52.